The average Bonchev–Trinajstić information content (AvgIpc) is 2.35. The fourth-order valence-corrected chi connectivity index (χ4v) is 1.64. The van der Waals surface area contributed by atoms with E-state index < -0.39 is 12.0 Å². The number of carboxylic acid groups (broad SMARTS) is 1. The first-order valence-electron chi connectivity index (χ1n) is 6.77. The van der Waals surface area contributed by atoms with Crippen molar-refractivity contribution in [2.75, 3.05) is 6.54 Å². The molecule has 106 valence electrons. The third kappa shape index (κ3) is 5.38. The molecule has 5 heteroatoms. The molecule has 0 aliphatic heterocycles. The second kappa shape index (κ2) is 8.78. The molecule has 0 aromatic carbocycles. The number of carbonyl (C=O) groups is 2. The minimum Gasteiger partial charge on any atom is -0.480 e. The number of nitrogens with zero attached hydrogens (tertiary/aromatic N) is 1. The standard InChI is InChI=1S/C13H26N2O3/c1-5-8-9-15(10(4)6-2)13(18)14-11(7-3)12(16)17/h10-11H,5-9H2,1-4H3,(H,14,18)(H,16,17). The summed E-state index contributed by atoms with van der Waals surface area (Å²) >= 11 is 0. The van der Waals surface area contributed by atoms with Gasteiger partial charge in [-0.05, 0) is 26.2 Å². The van der Waals surface area contributed by atoms with Crippen molar-refractivity contribution >= 4 is 12.0 Å². The Hall–Kier alpha value is -1.26. The molecule has 2 atom stereocenters. The van der Waals surface area contributed by atoms with E-state index in [9.17, 15) is 9.59 Å². The number of amides is 2. The maximum atomic E-state index is 12.1. The Morgan fingerprint density at radius 1 is 1.22 bits per heavy atom. The summed E-state index contributed by atoms with van der Waals surface area (Å²) in [6.45, 7) is 8.49. The van der Waals surface area contributed by atoms with Gasteiger partial charge in [0.25, 0.3) is 0 Å². The molecule has 0 radical (unpaired) electrons. The van der Waals surface area contributed by atoms with Gasteiger partial charge in [0.15, 0.2) is 0 Å². The highest BCUT2D eigenvalue weighted by molar-refractivity contribution is 5.82. The molecule has 0 spiro atoms. The van der Waals surface area contributed by atoms with Gasteiger partial charge in [-0.1, -0.05) is 27.2 Å². The van der Waals surface area contributed by atoms with Crippen LogP contribution >= 0.6 is 0 Å². The summed E-state index contributed by atoms with van der Waals surface area (Å²) in [5.41, 5.74) is 0. The fourth-order valence-electron chi connectivity index (χ4n) is 1.64. The molecule has 0 saturated heterocycles. The van der Waals surface area contributed by atoms with Gasteiger partial charge >= 0.3 is 12.0 Å². The zero-order valence-corrected chi connectivity index (χ0v) is 11.9. The first kappa shape index (κ1) is 16.7. The van der Waals surface area contributed by atoms with E-state index in [4.69, 9.17) is 5.11 Å². The highest BCUT2D eigenvalue weighted by Crippen LogP contribution is 2.07. The summed E-state index contributed by atoms with van der Waals surface area (Å²) < 4.78 is 0. The van der Waals surface area contributed by atoms with Crippen LogP contribution in [0.5, 0.6) is 0 Å². The molecule has 0 aliphatic rings. The zero-order valence-electron chi connectivity index (χ0n) is 11.9. The monoisotopic (exact) mass is 258 g/mol. The quantitative estimate of drug-likeness (QED) is 0.702. The van der Waals surface area contributed by atoms with Crippen molar-refractivity contribution < 1.29 is 14.7 Å². The van der Waals surface area contributed by atoms with Crippen molar-refractivity contribution in [1.82, 2.24) is 10.2 Å². The van der Waals surface area contributed by atoms with Gasteiger partial charge < -0.3 is 15.3 Å². The molecule has 5 nitrogen and oxygen atoms in total. The minimum atomic E-state index is -0.981. The number of aliphatic carboxylic acids is 1. The number of urea groups is 1. The molecule has 0 saturated carbocycles. The Bertz CT molecular complexity index is 269. The first-order chi connectivity index (χ1) is 8.47. The Labute approximate surface area is 110 Å². The van der Waals surface area contributed by atoms with Gasteiger partial charge in [0.05, 0.1) is 0 Å². The molecule has 0 aromatic rings. The predicted octanol–water partition coefficient (Wildman–Crippen LogP) is 2.46. The molecule has 0 heterocycles. The van der Waals surface area contributed by atoms with E-state index in [0.29, 0.717) is 13.0 Å². The topological polar surface area (TPSA) is 69.6 Å². The second-order valence-corrected chi connectivity index (χ2v) is 4.55. The van der Waals surface area contributed by atoms with Crippen molar-refractivity contribution in [1.29, 1.82) is 0 Å². The molecule has 0 bridgehead atoms. The SMILES string of the molecule is CCCCN(C(=O)NC(CC)C(=O)O)C(C)CC. The van der Waals surface area contributed by atoms with Crippen LogP contribution in [-0.4, -0.2) is 40.6 Å². The normalized spacial score (nSPS) is 13.8. The number of hydrogen-bond acceptors (Lipinski definition) is 2. The van der Waals surface area contributed by atoms with E-state index in [0.717, 1.165) is 19.3 Å². The molecule has 0 rings (SSSR count). The highest BCUT2D eigenvalue weighted by Gasteiger charge is 2.23. The van der Waals surface area contributed by atoms with Crippen LogP contribution in [0.15, 0.2) is 0 Å². The molecule has 2 unspecified atom stereocenters. The Morgan fingerprint density at radius 3 is 2.22 bits per heavy atom. The summed E-state index contributed by atoms with van der Waals surface area (Å²) in [5.74, 6) is -0.981. The molecule has 2 N–H and O–H groups in total. The third-order valence-electron chi connectivity index (χ3n) is 3.14. The summed E-state index contributed by atoms with van der Waals surface area (Å²) in [6, 6.07) is -0.944. The van der Waals surface area contributed by atoms with Crippen LogP contribution in [-0.2, 0) is 4.79 Å². The smallest absolute Gasteiger partial charge is 0.326 e. The predicted molar refractivity (Wildman–Crippen MR) is 71.6 cm³/mol. The van der Waals surface area contributed by atoms with E-state index in [1.54, 1.807) is 11.8 Å². The Kier molecular flexibility index (Phi) is 8.16. The number of carboxylic acids is 1. The van der Waals surface area contributed by atoms with Crippen LogP contribution in [0, 0.1) is 0 Å². The van der Waals surface area contributed by atoms with E-state index in [1.165, 1.54) is 0 Å². The lowest BCUT2D eigenvalue weighted by molar-refractivity contribution is -0.139. The van der Waals surface area contributed by atoms with Crippen LogP contribution in [0.2, 0.25) is 0 Å². The molecular weight excluding hydrogens is 232 g/mol. The van der Waals surface area contributed by atoms with Gasteiger partial charge in [0, 0.05) is 12.6 Å². The number of carbonyl (C=O) groups excluding carboxylic acids is 1. The van der Waals surface area contributed by atoms with E-state index in [-0.39, 0.29) is 12.1 Å². The van der Waals surface area contributed by atoms with E-state index >= 15 is 0 Å². The summed E-state index contributed by atoms with van der Waals surface area (Å²) in [4.78, 5) is 24.7. The molecule has 2 amide bonds. The van der Waals surface area contributed by atoms with E-state index in [1.807, 2.05) is 13.8 Å². The lowest BCUT2D eigenvalue weighted by Gasteiger charge is -2.30. The molecule has 0 fully saturated rings. The van der Waals surface area contributed by atoms with Gasteiger partial charge in [0.1, 0.15) is 6.04 Å². The average molecular weight is 258 g/mol. The molecule has 18 heavy (non-hydrogen) atoms. The van der Waals surface area contributed by atoms with Crippen LogP contribution in [0.3, 0.4) is 0 Å². The molecule has 0 aliphatic carbocycles. The van der Waals surface area contributed by atoms with Crippen molar-refractivity contribution in [3.05, 3.63) is 0 Å². The number of nitrogens with one attached hydrogen (secondary N) is 1. The zero-order chi connectivity index (χ0) is 14.1. The van der Waals surface area contributed by atoms with Crippen molar-refractivity contribution in [3.8, 4) is 0 Å². The highest BCUT2D eigenvalue weighted by atomic mass is 16.4. The summed E-state index contributed by atoms with van der Waals surface area (Å²) in [5, 5.41) is 11.5. The molecular formula is C13H26N2O3. The number of unbranched alkanes of at least 4 members (excludes halogenated alkanes) is 1. The fraction of sp³-hybridized carbons (Fsp3) is 0.846. The largest absolute Gasteiger partial charge is 0.480 e. The van der Waals surface area contributed by atoms with Gasteiger partial charge in [-0.15, -0.1) is 0 Å². The first-order valence-corrected chi connectivity index (χ1v) is 6.77. The third-order valence-corrected chi connectivity index (χ3v) is 3.14. The van der Waals surface area contributed by atoms with Crippen molar-refractivity contribution in [3.63, 3.8) is 0 Å². The van der Waals surface area contributed by atoms with Gasteiger partial charge in [-0.2, -0.15) is 0 Å². The summed E-state index contributed by atoms with van der Waals surface area (Å²) in [7, 11) is 0. The maximum absolute atomic E-state index is 12.1. The van der Waals surface area contributed by atoms with Crippen LogP contribution in [0.25, 0.3) is 0 Å². The number of rotatable bonds is 8. The van der Waals surface area contributed by atoms with Gasteiger partial charge in [-0.3, -0.25) is 0 Å². The van der Waals surface area contributed by atoms with Crippen LogP contribution in [0.1, 0.15) is 53.4 Å². The lowest BCUT2D eigenvalue weighted by atomic mass is 10.2. The van der Waals surface area contributed by atoms with Crippen LogP contribution in [0.4, 0.5) is 4.79 Å². The number of hydrogen-bond donors (Lipinski definition) is 2. The van der Waals surface area contributed by atoms with E-state index in [2.05, 4.69) is 12.2 Å². The lowest BCUT2D eigenvalue weighted by Crippen LogP contribution is -2.50. The summed E-state index contributed by atoms with van der Waals surface area (Å²) in [6.07, 6.45) is 3.20. The Morgan fingerprint density at radius 2 is 1.83 bits per heavy atom. The Balaban J connectivity index is 4.58. The minimum absolute atomic E-state index is 0.128. The van der Waals surface area contributed by atoms with Gasteiger partial charge in [0.2, 0.25) is 0 Å². The van der Waals surface area contributed by atoms with Crippen molar-refractivity contribution in [2.24, 2.45) is 0 Å². The van der Waals surface area contributed by atoms with Crippen molar-refractivity contribution in [2.45, 2.75) is 65.5 Å². The molecule has 0 aromatic heterocycles. The van der Waals surface area contributed by atoms with Crippen LogP contribution < -0.4 is 5.32 Å². The maximum Gasteiger partial charge on any atom is 0.326 e. The van der Waals surface area contributed by atoms with Gasteiger partial charge in [-0.25, -0.2) is 9.59 Å². The second-order valence-electron chi connectivity index (χ2n) is 4.55.